The van der Waals surface area contributed by atoms with Gasteiger partial charge in [0.05, 0.1) is 11.6 Å². The summed E-state index contributed by atoms with van der Waals surface area (Å²) >= 11 is 3.48. The average molecular weight is 401 g/mol. The van der Waals surface area contributed by atoms with E-state index >= 15 is 0 Å². The smallest absolute Gasteiger partial charge is 0.228 e. The van der Waals surface area contributed by atoms with Crippen molar-refractivity contribution in [2.24, 2.45) is 5.92 Å². The number of carbonyl (C=O) groups excluding carboxylic acids is 2. The lowest BCUT2D eigenvalue weighted by Crippen LogP contribution is -2.34. The molecule has 0 bridgehead atoms. The number of rotatable bonds is 4. The largest absolute Gasteiger partial charge is 0.341 e. The zero-order chi connectivity index (χ0) is 18.0. The molecule has 0 spiro atoms. The number of aryl methyl sites for hydroxylation is 1. The third-order valence-corrected chi connectivity index (χ3v) is 5.20. The Hall–Kier alpha value is -2.14. The van der Waals surface area contributed by atoms with Crippen molar-refractivity contribution in [1.82, 2.24) is 4.90 Å². The lowest BCUT2D eigenvalue weighted by Gasteiger charge is -2.22. The van der Waals surface area contributed by atoms with Crippen molar-refractivity contribution in [3.8, 4) is 0 Å². The average Bonchev–Trinajstić information content (AvgIpc) is 2.98. The molecule has 25 heavy (non-hydrogen) atoms. The van der Waals surface area contributed by atoms with Gasteiger partial charge in [-0.2, -0.15) is 0 Å². The Bertz CT molecular complexity index is 789. The fourth-order valence-corrected chi connectivity index (χ4v) is 3.63. The molecule has 1 atom stereocenters. The van der Waals surface area contributed by atoms with Crippen LogP contribution in [0.15, 0.2) is 53.0 Å². The van der Waals surface area contributed by atoms with Gasteiger partial charge in [0.25, 0.3) is 0 Å². The molecular formula is C20H21BrN2O2. The first kappa shape index (κ1) is 17.7. The molecule has 2 aromatic carbocycles. The minimum Gasteiger partial charge on any atom is -0.341 e. The second-order valence-corrected chi connectivity index (χ2v) is 7.39. The second-order valence-electron chi connectivity index (χ2n) is 6.54. The summed E-state index contributed by atoms with van der Waals surface area (Å²) in [5, 5.41) is 0. The van der Waals surface area contributed by atoms with Crippen molar-refractivity contribution in [2.45, 2.75) is 19.9 Å². The van der Waals surface area contributed by atoms with E-state index in [9.17, 15) is 9.59 Å². The minimum atomic E-state index is -0.296. The Morgan fingerprint density at radius 3 is 2.56 bits per heavy atom. The SMILES string of the molecule is Cc1ccc(CN(C)C(=O)C2CC(=O)N(c3ccccc3Br)C2)cc1. The number of nitrogens with zero attached hydrogens (tertiary/aromatic N) is 2. The van der Waals surface area contributed by atoms with Gasteiger partial charge in [-0.15, -0.1) is 0 Å². The highest BCUT2D eigenvalue weighted by Crippen LogP contribution is 2.31. The van der Waals surface area contributed by atoms with Crippen LogP contribution in [0.4, 0.5) is 5.69 Å². The third-order valence-electron chi connectivity index (χ3n) is 4.53. The zero-order valence-electron chi connectivity index (χ0n) is 14.4. The zero-order valence-corrected chi connectivity index (χ0v) is 16.0. The number of hydrogen-bond acceptors (Lipinski definition) is 2. The maximum atomic E-state index is 12.8. The molecule has 1 fully saturated rings. The van der Waals surface area contributed by atoms with Gasteiger partial charge in [-0.25, -0.2) is 0 Å². The summed E-state index contributed by atoms with van der Waals surface area (Å²) in [6.07, 6.45) is 0.262. The minimum absolute atomic E-state index is 0.00557. The second kappa shape index (κ2) is 7.40. The van der Waals surface area contributed by atoms with Gasteiger partial charge in [-0.05, 0) is 40.5 Å². The Morgan fingerprint density at radius 2 is 1.88 bits per heavy atom. The molecule has 4 nitrogen and oxygen atoms in total. The summed E-state index contributed by atoms with van der Waals surface area (Å²) in [4.78, 5) is 28.6. The number of hydrogen-bond donors (Lipinski definition) is 0. The van der Waals surface area contributed by atoms with Gasteiger partial charge in [-0.3, -0.25) is 9.59 Å². The van der Waals surface area contributed by atoms with Gasteiger partial charge < -0.3 is 9.80 Å². The molecule has 1 aliphatic rings. The number of anilines is 1. The van der Waals surface area contributed by atoms with Crippen molar-refractivity contribution in [3.05, 3.63) is 64.1 Å². The van der Waals surface area contributed by atoms with Crippen LogP contribution >= 0.6 is 15.9 Å². The maximum Gasteiger partial charge on any atom is 0.228 e. The topological polar surface area (TPSA) is 40.6 Å². The number of para-hydroxylation sites is 1. The van der Waals surface area contributed by atoms with Crippen molar-refractivity contribution in [2.75, 3.05) is 18.5 Å². The predicted molar refractivity (Wildman–Crippen MR) is 102 cm³/mol. The lowest BCUT2D eigenvalue weighted by molar-refractivity contribution is -0.135. The molecule has 0 saturated carbocycles. The van der Waals surface area contributed by atoms with Gasteiger partial charge in [-0.1, -0.05) is 42.0 Å². The van der Waals surface area contributed by atoms with E-state index in [1.54, 1.807) is 16.8 Å². The van der Waals surface area contributed by atoms with E-state index in [-0.39, 0.29) is 24.2 Å². The molecule has 1 saturated heterocycles. The summed E-state index contributed by atoms with van der Waals surface area (Å²) in [5.41, 5.74) is 3.11. The van der Waals surface area contributed by atoms with E-state index in [1.807, 2.05) is 55.5 Å². The highest BCUT2D eigenvalue weighted by Gasteiger charge is 2.37. The van der Waals surface area contributed by atoms with Crippen LogP contribution in [0.3, 0.4) is 0 Å². The molecule has 0 N–H and O–H groups in total. The van der Waals surface area contributed by atoms with E-state index in [0.717, 1.165) is 15.7 Å². The molecule has 1 unspecified atom stereocenters. The van der Waals surface area contributed by atoms with Crippen LogP contribution in [0.5, 0.6) is 0 Å². The van der Waals surface area contributed by atoms with Crippen LogP contribution in [0.25, 0.3) is 0 Å². The third kappa shape index (κ3) is 3.93. The van der Waals surface area contributed by atoms with Gasteiger partial charge in [0.15, 0.2) is 0 Å². The summed E-state index contributed by atoms with van der Waals surface area (Å²) in [5.74, 6) is -0.285. The molecule has 2 amide bonds. The van der Waals surface area contributed by atoms with Crippen LogP contribution in [0, 0.1) is 12.8 Å². The molecule has 1 aliphatic heterocycles. The van der Waals surface area contributed by atoms with Crippen LogP contribution in [-0.2, 0) is 16.1 Å². The summed E-state index contributed by atoms with van der Waals surface area (Å²) < 4.78 is 0.865. The first-order valence-electron chi connectivity index (χ1n) is 8.31. The fraction of sp³-hybridized carbons (Fsp3) is 0.300. The summed E-state index contributed by atoms with van der Waals surface area (Å²) in [6, 6.07) is 15.8. The fourth-order valence-electron chi connectivity index (χ4n) is 3.13. The molecule has 0 radical (unpaired) electrons. The van der Waals surface area contributed by atoms with Gasteiger partial charge in [0, 0.05) is 31.0 Å². The van der Waals surface area contributed by atoms with Crippen molar-refractivity contribution < 1.29 is 9.59 Å². The number of halogens is 1. The van der Waals surface area contributed by atoms with Gasteiger partial charge >= 0.3 is 0 Å². The molecule has 130 valence electrons. The van der Waals surface area contributed by atoms with Crippen LogP contribution < -0.4 is 4.90 Å². The molecule has 0 aromatic heterocycles. The molecule has 2 aromatic rings. The van der Waals surface area contributed by atoms with Gasteiger partial charge in [0.1, 0.15) is 0 Å². The predicted octanol–water partition coefficient (Wildman–Crippen LogP) is 3.77. The summed E-state index contributed by atoms with van der Waals surface area (Å²) in [7, 11) is 1.80. The van der Waals surface area contributed by atoms with Gasteiger partial charge in [0.2, 0.25) is 11.8 Å². The maximum absolute atomic E-state index is 12.8. The van der Waals surface area contributed by atoms with Crippen molar-refractivity contribution in [3.63, 3.8) is 0 Å². The van der Waals surface area contributed by atoms with E-state index in [2.05, 4.69) is 15.9 Å². The molecule has 1 heterocycles. The monoisotopic (exact) mass is 400 g/mol. The van der Waals surface area contributed by atoms with E-state index in [0.29, 0.717) is 13.1 Å². The molecule has 3 rings (SSSR count). The molecule has 5 heteroatoms. The summed E-state index contributed by atoms with van der Waals surface area (Å²) in [6.45, 7) is 3.02. The number of benzene rings is 2. The van der Waals surface area contributed by atoms with Crippen LogP contribution in [0.1, 0.15) is 17.5 Å². The first-order valence-corrected chi connectivity index (χ1v) is 9.10. The van der Waals surface area contributed by atoms with Crippen molar-refractivity contribution >= 4 is 33.4 Å². The van der Waals surface area contributed by atoms with Crippen LogP contribution in [0.2, 0.25) is 0 Å². The lowest BCUT2D eigenvalue weighted by atomic mass is 10.1. The Morgan fingerprint density at radius 1 is 1.20 bits per heavy atom. The Labute approximate surface area is 156 Å². The number of amides is 2. The van der Waals surface area contributed by atoms with E-state index in [4.69, 9.17) is 0 Å². The first-order chi connectivity index (χ1) is 12.0. The Balaban J connectivity index is 1.68. The molecular weight excluding hydrogens is 380 g/mol. The number of carbonyl (C=O) groups is 2. The quantitative estimate of drug-likeness (QED) is 0.783. The van der Waals surface area contributed by atoms with E-state index < -0.39 is 0 Å². The van der Waals surface area contributed by atoms with Crippen molar-refractivity contribution in [1.29, 1.82) is 0 Å². The van der Waals surface area contributed by atoms with E-state index in [1.165, 1.54) is 5.56 Å². The standard InChI is InChI=1S/C20H21BrN2O2/c1-14-7-9-15(10-8-14)12-22(2)20(25)16-11-19(24)23(13-16)18-6-4-3-5-17(18)21/h3-10,16H,11-13H2,1-2H3. The Kier molecular flexibility index (Phi) is 5.23. The highest BCUT2D eigenvalue weighted by atomic mass is 79.9. The molecule has 0 aliphatic carbocycles. The normalized spacial score (nSPS) is 17.0. The van der Waals surface area contributed by atoms with Crippen LogP contribution in [-0.4, -0.2) is 30.3 Å². The highest BCUT2D eigenvalue weighted by molar-refractivity contribution is 9.10.